The molecule has 1 N–H and O–H groups in total. The van der Waals surface area contributed by atoms with Crippen LogP contribution in [0.3, 0.4) is 0 Å². The van der Waals surface area contributed by atoms with Crippen molar-refractivity contribution in [2.45, 2.75) is 52.4 Å². The Bertz CT molecular complexity index is 860. The predicted molar refractivity (Wildman–Crippen MR) is 118 cm³/mol. The first-order valence-electron chi connectivity index (χ1n) is 9.75. The van der Waals surface area contributed by atoms with Crippen LogP contribution in [-0.2, 0) is 15.6 Å². The summed E-state index contributed by atoms with van der Waals surface area (Å²) in [7, 11) is 3.13. The predicted octanol–water partition coefficient (Wildman–Crippen LogP) is 5.32. The molecule has 2 aromatic rings. The van der Waals surface area contributed by atoms with Crippen molar-refractivity contribution in [1.82, 2.24) is 0 Å². The average Bonchev–Trinajstić information content (AvgIpc) is 2.64. The molecule has 5 nitrogen and oxygen atoms in total. The van der Waals surface area contributed by atoms with Crippen LogP contribution >= 0.6 is 0 Å². The lowest BCUT2D eigenvalue weighted by Crippen LogP contribution is -2.23. The van der Waals surface area contributed by atoms with Gasteiger partial charge in [-0.15, -0.1) is 0 Å². The Labute approximate surface area is 174 Å². The Balaban J connectivity index is 2.18. The van der Waals surface area contributed by atoms with E-state index in [0.717, 1.165) is 11.3 Å². The van der Waals surface area contributed by atoms with Crippen molar-refractivity contribution in [1.29, 1.82) is 0 Å². The van der Waals surface area contributed by atoms with Gasteiger partial charge in [0, 0.05) is 6.07 Å². The number of nitrogens with one attached hydrogen (secondary N) is 1. The molecule has 0 aliphatic heterocycles. The molecule has 158 valence electrons. The van der Waals surface area contributed by atoms with Gasteiger partial charge in [0.15, 0.2) is 6.61 Å². The second-order valence-electron chi connectivity index (χ2n) is 9.11. The van der Waals surface area contributed by atoms with Gasteiger partial charge >= 0.3 is 0 Å². The van der Waals surface area contributed by atoms with E-state index in [1.807, 2.05) is 6.07 Å². The number of carbonyl (C=O) groups excluding carboxylic acids is 1. The summed E-state index contributed by atoms with van der Waals surface area (Å²) in [5.41, 5.74) is 2.79. The summed E-state index contributed by atoms with van der Waals surface area (Å²) < 4.78 is 16.4. The van der Waals surface area contributed by atoms with E-state index >= 15 is 0 Å². The third-order valence-electron chi connectivity index (χ3n) is 4.69. The fourth-order valence-electron chi connectivity index (χ4n) is 2.95. The molecule has 5 heteroatoms. The maximum atomic E-state index is 12.5. The van der Waals surface area contributed by atoms with Crippen LogP contribution in [0.15, 0.2) is 36.4 Å². The summed E-state index contributed by atoms with van der Waals surface area (Å²) in [5, 5.41) is 2.83. The minimum atomic E-state index is -0.267. The number of carbonyl (C=O) groups is 1. The molecule has 0 saturated heterocycles. The topological polar surface area (TPSA) is 56.8 Å². The van der Waals surface area contributed by atoms with E-state index < -0.39 is 0 Å². The van der Waals surface area contributed by atoms with Crippen molar-refractivity contribution in [2.24, 2.45) is 0 Å². The molecule has 0 unspecified atom stereocenters. The standard InChI is InChI=1S/C24H33NO4/c1-23(2,3)16-9-11-20(18(13-16)24(4,5)6)29-15-22(26)25-19-14-17(27-7)10-12-21(19)28-8/h9-14H,15H2,1-8H3,(H,25,26). The molecule has 29 heavy (non-hydrogen) atoms. The average molecular weight is 400 g/mol. The van der Waals surface area contributed by atoms with Gasteiger partial charge in [-0.25, -0.2) is 0 Å². The van der Waals surface area contributed by atoms with Gasteiger partial charge < -0.3 is 19.5 Å². The van der Waals surface area contributed by atoms with Crippen LogP contribution in [0.4, 0.5) is 5.69 Å². The molecule has 0 radical (unpaired) electrons. The molecular weight excluding hydrogens is 366 g/mol. The fourth-order valence-corrected chi connectivity index (χ4v) is 2.95. The molecule has 1 amide bonds. The smallest absolute Gasteiger partial charge is 0.262 e. The lowest BCUT2D eigenvalue weighted by atomic mass is 9.80. The molecule has 2 rings (SSSR count). The number of anilines is 1. The molecule has 0 aromatic heterocycles. The highest BCUT2D eigenvalue weighted by Gasteiger charge is 2.23. The largest absolute Gasteiger partial charge is 0.497 e. The first kappa shape index (κ1) is 22.6. The Kier molecular flexibility index (Phi) is 6.83. The first-order chi connectivity index (χ1) is 13.5. The molecule has 0 aliphatic rings. The van der Waals surface area contributed by atoms with Crippen LogP contribution in [0, 0.1) is 0 Å². The van der Waals surface area contributed by atoms with Gasteiger partial charge in [0.1, 0.15) is 17.2 Å². The number of benzene rings is 2. The highest BCUT2D eigenvalue weighted by atomic mass is 16.5. The number of rotatable bonds is 6. The number of methoxy groups -OCH3 is 2. The zero-order valence-electron chi connectivity index (χ0n) is 18.8. The highest BCUT2D eigenvalue weighted by molar-refractivity contribution is 5.93. The minimum Gasteiger partial charge on any atom is -0.497 e. The number of amides is 1. The van der Waals surface area contributed by atoms with Crippen molar-refractivity contribution < 1.29 is 19.0 Å². The molecule has 0 saturated carbocycles. The van der Waals surface area contributed by atoms with Crippen molar-refractivity contribution in [3.63, 3.8) is 0 Å². The number of hydrogen-bond acceptors (Lipinski definition) is 4. The summed E-state index contributed by atoms with van der Waals surface area (Å²) in [4.78, 5) is 12.5. The SMILES string of the molecule is COc1ccc(OC)c(NC(=O)COc2ccc(C(C)(C)C)cc2C(C)(C)C)c1. The molecule has 0 aliphatic carbocycles. The summed E-state index contributed by atoms with van der Waals surface area (Å²) in [6.45, 7) is 12.9. The maximum Gasteiger partial charge on any atom is 0.262 e. The van der Waals surface area contributed by atoms with Gasteiger partial charge in [-0.3, -0.25) is 4.79 Å². The Morgan fingerprint density at radius 2 is 1.52 bits per heavy atom. The van der Waals surface area contributed by atoms with E-state index in [1.165, 1.54) is 5.56 Å². The molecule has 0 atom stereocenters. The first-order valence-corrected chi connectivity index (χ1v) is 9.75. The van der Waals surface area contributed by atoms with Crippen LogP contribution in [-0.4, -0.2) is 26.7 Å². The lowest BCUT2D eigenvalue weighted by Gasteiger charge is -2.27. The third kappa shape index (κ3) is 5.89. The maximum absolute atomic E-state index is 12.5. The van der Waals surface area contributed by atoms with Gasteiger partial charge in [0.05, 0.1) is 19.9 Å². The van der Waals surface area contributed by atoms with Crippen LogP contribution in [0.25, 0.3) is 0 Å². The third-order valence-corrected chi connectivity index (χ3v) is 4.69. The van der Waals surface area contributed by atoms with Crippen molar-refractivity contribution in [3.05, 3.63) is 47.5 Å². The minimum absolute atomic E-state index is 0.0405. The highest BCUT2D eigenvalue weighted by Crippen LogP contribution is 2.35. The van der Waals surface area contributed by atoms with Gasteiger partial charge in [0.25, 0.3) is 5.91 Å². The Morgan fingerprint density at radius 1 is 0.862 bits per heavy atom. The van der Waals surface area contributed by atoms with E-state index in [9.17, 15) is 4.79 Å². The van der Waals surface area contributed by atoms with Crippen LogP contribution < -0.4 is 19.5 Å². The van der Waals surface area contributed by atoms with Crippen LogP contribution in [0.2, 0.25) is 0 Å². The van der Waals surface area contributed by atoms with E-state index in [4.69, 9.17) is 14.2 Å². The molecular formula is C24H33NO4. The van der Waals surface area contributed by atoms with Gasteiger partial charge in [-0.2, -0.15) is 0 Å². The summed E-state index contributed by atoms with van der Waals surface area (Å²) >= 11 is 0. The summed E-state index contributed by atoms with van der Waals surface area (Å²) in [6, 6.07) is 11.4. The number of ether oxygens (including phenoxy) is 3. The van der Waals surface area contributed by atoms with E-state index in [0.29, 0.717) is 17.2 Å². The molecule has 2 aromatic carbocycles. The zero-order valence-corrected chi connectivity index (χ0v) is 18.8. The Hall–Kier alpha value is -2.69. The van der Waals surface area contributed by atoms with Crippen LogP contribution in [0.5, 0.6) is 17.2 Å². The van der Waals surface area contributed by atoms with Gasteiger partial charge in [0.2, 0.25) is 0 Å². The van der Waals surface area contributed by atoms with Crippen molar-refractivity contribution in [3.8, 4) is 17.2 Å². The monoisotopic (exact) mass is 399 g/mol. The Morgan fingerprint density at radius 3 is 2.07 bits per heavy atom. The van der Waals surface area contributed by atoms with Crippen molar-refractivity contribution >= 4 is 11.6 Å². The van der Waals surface area contributed by atoms with E-state index in [-0.39, 0.29) is 23.3 Å². The second-order valence-corrected chi connectivity index (χ2v) is 9.11. The normalized spacial score (nSPS) is 11.7. The molecule has 0 spiro atoms. The molecule has 0 heterocycles. The van der Waals surface area contributed by atoms with E-state index in [2.05, 4.69) is 59.0 Å². The quantitative estimate of drug-likeness (QED) is 0.715. The lowest BCUT2D eigenvalue weighted by molar-refractivity contribution is -0.118. The molecule has 0 fully saturated rings. The zero-order chi connectivity index (χ0) is 21.8. The number of hydrogen-bond donors (Lipinski definition) is 1. The second kappa shape index (κ2) is 8.76. The molecule has 0 bridgehead atoms. The summed E-state index contributed by atoms with van der Waals surface area (Å²) in [6.07, 6.45) is 0. The van der Waals surface area contributed by atoms with Gasteiger partial charge in [-0.05, 0) is 40.2 Å². The van der Waals surface area contributed by atoms with Gasteiger partial charge in [-0.1, -0.05) is 53.7 Å². The summed E-state index contributed by atoms with van der Waals surface area (Å²) in [5.74, 6) is 1.65. The van der Waals surface area contributed by atoms with E-state index in [1.54, 1.807) is 32.4 Å². The fraction of sp³-hybridized carbons (Fsp3) is 0.458. The van der Waals surface area contributed by atoms with Crippen molar-refractivity contribution in [2.75, 3.05) is 26.1 Å². The van der Waals surface area contributed by atoms with Crippen LogP contribution in [0.1, 0.15) is 52.7 Å².